The fourth-order valence-corrected chi connectivity index (χ4v) is 4.02. The Morgan fingerprint density at radius 3 is 1.62 bits per heavy atom. The van der Waals surface area contributed by atoms with Gasteiger partial charge in [-0.2, -0.15) is 0 Å². The monoisotopic (exact) mass is 443 g/mol. The van der Waals surface area contributed by atoms with Crippen LogP contribution in [0.5, 0.6) is 5.75 Å². The summed E-state index contributed by atoms with van der Waals surface area (Å²) >= 11 is 0. The van der Waals surface area contributed by atoms with Crippen molar-refractivity contribution < 1.29 is 9.53 Å². The summed E-state index contributed by atoms with van der Waals surface area (Å²) in [6.45, 7) is 3.12. The van der Waals surface area contributed by atoms with E-state index in [1.165, 1.54) is 96.3 Å². The molecule has 0 saturated heterocycles. The highest BCUT2D eigenvalue weighted by atomic mass is 16.5. The number of carbonyl (C=O) groups excluding carboxylic acids is 1. The number of benzene rings is 1. The number of carbonyl (C=O) groups is 1. The summed E-state index contributed by atoms with van der Waals surface area (Å²) in [4.78, 5) is 14.1. The van der Waals surface area contributed by atoms with E-state index >= 15 is 0 Å². The Balaban J connectivity index is 1.91. The van der Waals surface area contributed by atoms with Crippen molar-refractivity contribution in [1.29, 1.82) is 0 Å². The first-order valence-corrected chi connectivity index (χ1v) is 13.2. The molecular weight excluding hydrogens is 394 g/mol. The van der Waals surface area contributed by atoms with Gasteiger partial charge in [-0.25, -0.2) is 0 Å². The Kier molecular flexibility index (Phi) is 17.6. The molecule has 0 aliphatic rings. The molecule has 3 heteroatoms. The summed E-state index contributed by atoms with van der Waals surface area (Å²) in [6, 6.07) is 7.73. The van der Waals surface area contributed by atoms with Crippen molar-refractivity contribution in [2.24, 2.45) is 0 Å². The maximum atomic E-state index is 12.2. The van der Waals surface area contributed by atoms with Crippen LogP contribution >= 0.6 is 0 Å². The summed E-state index contributed by atoms with van der Waals surface area (Å²) < 4.78 is 5.16. The van der Waals surface area contributed by atoms with Crippen molar-refractivity contribution in [2.45, 2.75) is 110 Å². The van der Waals surface area contributed by atoms with Crippen molar-refractivity contribution in [3.05, 3.63) is 35.9 Å². The van der Waals surface area contributed by atoms with E-state index in [4.69, 9.17) is 4.74 Å². The van der Waals surface area contributed by atoms with E-state index in [0.717, 1.165) is 24.3 Å². The highest BCUT2D eigenvalue weighted by molar-refractivity contribution is 5.91. The van der Waals surface area contributed by atoms with E-state index < -0.39 is 0 Å². The zero-order chi connectivity index (χ0) is 23.3. The molecule has 32 heavy (non-hydrogen) atoms. The first-order chi connectivity index (χ1) is 15.7. The maximum Gasteiger partial charge on any atom is 0.246 e. The molecule has 0 aromatic heterocycles. The molecule has 1 amide bonds. The molecule has 1 rings (SSSR count). The van der Waals surface area contributed by atoms with Crippen LogP contribution in [0.3, 0.4) is 0 Å². The molecule has 0 aliphatic heterocycles. The highest BCUT2D eigenvalue weighted by Gasteiger charge is 2.04. The minimum absolute atomic E-state index is 0.0711. The van der Waals surface area contributed by atoms with Gasteiger partial charge in [-0.05, 0) is 30.2 Å². The van der Waals surface area contributed by atoms with Crippen molar-refractivity contribution in [3.63, 3.8) is 0 Å². The molecule has 0 bridgehead atoms. The normalized spacial score (nSPS) is 11.2. The molecule has 0 saturated carbocycles. The smallest absolute Gasteiger partial charge is 0.246 e. The van der Waals surface area contributed by atoms with Crippen LogP contribution in [0.2, 0.25) is 0 Å². The Bertz CT molecular complexity index is 594. The number of rotatable bonds is 20. The number of methoxy groups -OCH3 is 1. The lowest BCUT2D eigenvalue weighted by Gasteiger charge is -2.14. The zero-order valence-corrected chi connectivity index (χ0v) is 21.2. The van der Waals surface area contributed by atoms with E-state index in [1.807, 2.05) is 42.3 Å². The predicted molar refractivity (Wildman–Crippen MR) is 139 cm³/mol. The van der Waals surface area contributed by atoms with E-state index in [2.05, 4.69) is 6.92 Å². The molecule has 3 nitrogen and oxygen atoms in total. The second kappa shape index (κ2) is 19.9. The summed E-state index contributed by atoms with van der Waals surface area (Å²) in [5.74, 6) is 0.899. The number of hydrogen-bond acceptors (Lipinski definition) is 2. The summed E-state index contributed by atoms with van der Waals surface area (Å²) in [5.41, 5.74) is 1.01. The maximum absolute atomic E-state index is 12.2. The fraction of sp³-hybridized carbons (Fsp3) is 0.690. The second-order valence-corrected chi connectivity index (χ2v) is 9.17. The number of nitrogens with zero attached hydrogens (tertiary/aromatic N) is 1. The fourth-order valence-electron chi connectivity index (χ4n) is 4.02. The van der Waals surface area contributed by atoms with Crippen molar-refractivity contribution in [2.75, 3.05) is 20.7 Å². The van der Waals surface area contributed by atoms with Gasteiger partial charge >= 0.3 is 0 Å². The number of ether oxygens (including phenoxy) is 1. The SMILES string of the molecule is CCCCCCCCCCCCCCCCCCN(C)C(=O)/C=C/c1ccc(OC)cc1. The topological polar surface area (TPSA) is 29.5 Å². The average molecular weight is 444 g/mol. The number of amides is 1. The number of unbranched alkanes of at least 4 members (excludes halogenated alkanes) is 15. The molecule has 0 fully saturated rings. The first-order valence-electron chi connectivity index (χ1n) is 13.2. The molecule has 0 heterocycles. The van der Waals surface area contributed by atoms with Crippen LogP contribution in [0.15, 0.2) is 30.3 Å². The van der Waals surface area contributed by atoms with Gasteiger partial charge in [0.1, 0.15) is 5.75 Å². The third kappa shape index (κ3) is 15.1. The predicted octanol–water partition coefficient (Wildman–Crippen LogP) is 8.43. The molecule has 0 atom stereocenters. The highest BCUT2D eigenvalue weighted by Crippen LogP contribution is 2.14. The lowest BCUT2D eigenvalue weighted by Crippen LogP contribution is -2.25. The van der Waals surface area contributed by atoms with Gasteiger partial charge in [0.2, 0.25) is 5.91 Å². The van der Waals surface area contributed by atoms with Crippen LogP contribution < -0.4 is 4.74 Å². The van der Waals surface area contributed by atoms with E-state index in [-0.39, 0.29) is 5.91 Å². The van der Waals surface area contributed by atoms with Crippen LogP contribution in [0, 0.1) is 0 Å². The van der Waals surface area contributed by atoms with Crippen molar-refractivity contribution in [1.82, 2.24) is 4.90 Å². The summed E-state index contributed by atoms with van der Waals surface area (Å²) in [7, 11) is 3.55. The van der Waals surface area contributed by atoms with Gasteiger partial charge in [-0.15, -0.1) is 0 Å². The third-order valence-corrected chi connectivity index (χ3v) is 6.26. The molecule has 0 spiro atoms. The van der Waals surface area contributed by atoms with Crippen LogP contribution in [0.4, 0.5) is 0 Å². The Morgan fingerprint density at radius 2 is 1.19 bits per heavy atom. The van der Waals surface area contributed by atoms with Gasteiger partial charge in [0.25, 0.3) is 0 Å². The van der Waals surface area contributed by atoms with Crippen LogP contribution in [0.1, 0.15) is 115 Å². The van der Waals surface area contributed by atoms with Gasteiger partial charge in [0, 0.05) is 19.7 Å². The Hall–Kier alpha value is -1.77. The molecule has 0 N–H and O–H groups in total. The van der Waals surface area contributed by atoms with E-state index in [0.29, 0.717) is 0 Å². The van der Waals surface area contributed by atoms with Gasteiger partial charge in [0.05, 0.1) is 7.11 Å². The molecule has 182 valence electrons. The number of likely N-dealkylation sites (N-methyl/N-ethyl adjacent to an activating group) is 1. The molecule has 0 aliphatic carbocycles. The minimum Gasteiger partial charge on any atom is -0.497 e. The molecule has 0 radical (unpaired) electrons. The third-order valence-electron chi connectivity index (χ3n) is 6.26. The standard InChI is InChI=1S/C29H49NO2/c1-4-5-6-7-8-9-10-11-12-13-14-15-16-17-18-19-26-30(2)29(31)25-22-27-20-23-28(32-3)24-21-27/h20-25H,4-19,26H2,1-3H3/b25-22+. The average Bonchev–Trinajstić information content (AvgIpc) is 2.82. The Morgan fingerprint density at radius 1 is 0.750 bits per heavy atom. The summed E-state index contributed by atoms with van der Waals surface area (Å²) in [5, 5.41) is 0. The quantitative estimate of drug-likeness (QED) is 0.149. The van der Waals surface area contributed by atoms with Crippen LogP contribution in [-0.4, -0.2) is 31.5 Å². The molecule has 1 aromatic carbocycles. The van der Waals surface area contributed by atoms with Gasteiger partial charge in [0.15, 0.2) is 0 Å². The zero-order valence-electron chi connectivity index (χ0n) is 21.2. The number of hydrogen-bond donors (Lipinski definition) is 0. The lowest BCUT2D eigenvalue weighted by molar-refractivity contribution is -0.124. The van der Waals surface area contributed by atoms with Crippen molar-refractivity contribution in [3.8, 4) is 5.75 Å². The molecular formula is C29H49NO2. The largest absolute Gasteiger partial charge is 0.497 e. The second-order valence-electron chi connectivity index (χ2n) is 9.17. The van der Waals surface area contributed by atoms with Gasteiger partial charge < -0.3 is 9.64 Å². The Labute approximate surface area is 198 Å². The van der Waals surface area contributed by atoms with E-state index in [9.17, 15) is 4.79 Å². The van der Waals surface area contributed by atoms with Crippen LogP contribution in [0.25, 0.3) is 6.08 Å². The minimum atomic E-state index is 0.0711. The van der Waals surface area contributed by atoms with Gasteiger partial charge in [-0.1, -0.05) is 115 Å². The molecule has 1 aromatic rings. The van der Waals surface area contributed by atoms with Gasteiger partial charge in [-0.3, -0.25) is 4.79 Å². The molecule has 0 unspecified atom stereocenters. The lowest BCUT2D eigenvalue weighted by atomic mass is 10.0. The summed E-state index contributed by atoms with van der Waals surface area (Å²) in [6.07, 6.45) is 25.5. The van der Waals surface area contributed by atoms with E-state index in [1.54, 1.807) is 13.2 Å². The first kappa shape index (κ1) is 28.3. The van der Waals surface area contributed by atoms with Crippen molar-refractivity contribution >= 4 is 12.0 Å². The van der Waals surface area contributed by atoms with Crippen LogP contribution in [-0.2, 0) is 4.79 Å².